The van der Waals surface area contributed by atoms with Crippen molar-refractivity contribution < 1.29 is 9.53 Å². The highest BCUT2D eigenvalue weighted by molar-refractivity contribution is 7.16. The summed E-state index contributed by atoms with van der Waals surface area (Å²) in [5.41, 5.74) is 0.489. The van der Waals surface area contributed by atoms with Gasteiger partial charge in [0.25, 0.3) is 0 Å². The van der Waals surface area contributed by atoms with Crippen LogP contribution in [-0.2, 0) is 6.42 Å². The van der Waals surface area contributed by atoms with E-state index in [-0.39, 0.29) is 0 Å². The molecule has 0 atom stereocenters. The first kappa shape index (κ1) is 12.8. The van der Waals surface area contributed by atoms with E-state index in [0.29, 0.717) is 12.3 Å². The van der Waals surface area contributed by atoms with Crippen LogP contribution in [0.3, 0.4) is 0 Å². The Morgan fingerprint density at radius 1 is 1.30 bits per heavy atom. The number of fused-ring (bicyclic) bond motifs is 1. The lowest BCUT2D eigenvalue weighted by molar-refractivity contribution is 0.111. The Kier molecular flexibility index (Phi) is 3.73. The molecule has 6 heteroatoms. The number of para-hydroxylation sites is 1. The standard InChI is InChI=1S/C14H13N3O2S/c18-10-11-9-15-14-17(11)16-13(20-14)7-4-8-19-12-5-2-1-3-6-12/h1-3,5-6,9-10H,4,7-8H2. The molecule has 0 spiro atoms. The summed E-state index contributed by atoms with van der Waals surface area (Å²) >= 11 is 1.51. The number of ether oxygens (including phenoxy) is 1. The Hall–Kier alpha value is -2.21. The first-order valence-corrected chi connectivity index (χ1v) is 7.15. The minimum absolute atomic E-state index is 0.489. The maximum atomic E-state index is 10.8. The number of imidazole rings is 1. The molecule has 5 nitrogen and oxygen atoms in total. The summed E-state index contributed by atoms with van der Waals surface area (Å²) in [5.74, 6) is 0.879. The van der Waals surface area contributed by atoms with Crippen LogP contribution in [0.25, 0.3) is 4.96 Å². The van der Waals surface area contributed by atoms with Crippen LogP contribution < -0.4 is 4.74 Å². The fraction of sp³-hybridized carbons (Fsp3) is 0.214. The van der Waals surface area contributed by atoms with E-state index in [2.05, 4.69) is 10.1 Å². The maximum absolute atomic E-state index is 10.8. The first-order valence-electron chi connectivity index (χ1n) is 6.33. The van der Waals surface area contributed by atoms with Crippen molar-refractivity contribution in [3.05, 3.63) is 47.2 Å². The molecule has 0 saturated carbocycles. The molecule has 0 radical (unpaired) electrons. The number of aromatic nitrogens is 3. The van der Waals surface area contributed by atoms with Gasteiger partial charge in [-0.25, -0.2) is 9.50 Å². The lowest BCUT2D eigenvalue weighted by Gasteiger charge is -2.04. The van der Waals surface area contributed by atoms with E-state index in [1.54, 1.807) is 4.52 Å². The second kappa shape index (κ2) is 5.83. The van der Waals surface area contributed by atoms with Crippen LogP contribution in [0.4, 0.5) is 0 Å². The van der Waals surface area contributed by atoms with E-state index in [9.17, 15) is 4.79 Å². The molecule has 0 aliphatic heterocycles. The van der Waals surface area contributed by atoms with Crippen LogP contribution in [0.2, 0.25) is 0 Å². The predicted octanol–water partition coefficient (Wildman–Crippen LogP) is 2.61. The number of aryl methyl sites for hydroxylation is 1. The van der Waals surface area contributed by atoms with Gasteiger partial charge in [-0.15, -0.1) is 0 Å². The summed E-state index contributed by atoms with van der Waals surface area (Å²) in [6.45, 7) is 0.645. The number of nitrogens with zero attached hydrogens (tertiary/aromatic N) is 3. The van der Waals surface area contributed by atoms with Gasteiger partial charge in [0.2, 0.25) is 4.96 Å². The average Bonchev–Trinajstić information content (AvgIpc) is 3.04. The molecule has 0 unspecified atom stereocenters. The molecule has 3 rings (SSSR count). The molecular weight excluding hydrogens is 274 g/mol. The van der Waals surface area contributed by atoms with Crippen LogP contribution in [0.1, 0.15) is 21.9 Å². The third-order valence-electron chi connectivity index (χ3n) is 2.82. The number of carbonyl (C=O) groups excluding carboxylic acids is 1. The number of benzene rings is 1. The Labute approximate surface area is 119 Å². The highest BCUT2D eigenvalue weighted by Crippen LogP contribution is 2.16. The van der Waals surface area contributed by atoms with E-state index < -0.39 is 0 Å². The van der Waals surface area contributed by atoms with Gasteiger partial charge in [0, 0.05) is 6.42 Å². The summed E-state index contributed by atoms with van der Waals surface area (Å²) in [4.78, 5) is 15.7. The third-order valence-corrected chi connectivity index (χ3v) is 3.80. The van der Waals surface area contributed by atoms with Crippen molar-refractivity contribution in [2.45, 2.75) is 12.8 Å². The second-order valence-electron chi connectivity index (χ2n) is 4.26. The second-order valence-corrected chi connectivity index (χ2v) is 5.30. The van der Waals surface area contributed by atoms with Crippen molar-refractivity contribution in [3.63, 3.8) is 0 Å². The van der Waals surface area contributed by atoms with Crippen molar-refractivity contribution in [3.8, 4) is 5.75 Å². The van der Waals surface area contributed by atoms with Gasteiger partial charge < -0.3 is 4.74 Å². The zero-order chi connectivity index (χ0) is 13.8. The van der Waals surface area contributed by atoms with Gasteiger partial charge >= 0.3 is 0 Å². The van der Waals surface area contributed by atoms with Crippen molar-refractivity contribution >= 4 is 22.6 Å². The zero-order valence-electron chi connectivity index (χ0n) is 10.7. The first-order chi connectivity index (χ1) is 9.86. The summed E-state index contributed by atoms with van der Waals surface area (Å²) < 4.78 is 7.21. The number of hydrogen-bond acceptors (Lipinski definition) is 5. The summed E-state index contributed by atoms with van der Waals surface area (Å²) in [5, 5.41) is 5.34. The van der Waals surface area contributed by atoms with Gasteiger partial charge in [-0.3, -0.25) is 4.79 Å². The van der Waals surface area contributed by atoms with Gasteiger partial charge in [-0.2, -0.15) is 5.10 Å². The quantitative estimate of drug-likeness (QED) is 0.516. The lowest BCUT2D eigenvalue weighted by atomic mass is 10.3. The fourth-order valence-corrected chi connectivity index (χ4v) is 2.78. The number of aldehydes is 1. The molecule has 20 heavy (non-hydrogen) atoms. The Balaban J connectivity index is 1.55. The van der Waals surface area contributed by atoms with E-state index in [0.717, 1.165) is 34.8 Å². The minimum Gasteiger partial charge on any atom is -0.494 e. The summed E-state index contributed by atoms with van der Waals surface area (Å²) in [6.07, 6.45) is 4.00. The SMILES string of the molecule is O=Cc1cnc2sc(CCCOc3ccccc3)nn12. The smallest absolute Gasteiger partial charge is 0.212 e. The topological polar surface area (TPSA) is 56.5 Å². The lowest BCUT2D eigenvalue weighted by Crippen LogP contribution is -2.00. The molecule has 0 aliphatic carbocycles. The number of rotatable bonds is 6. The Morgan fingerprint density at radius 2 is 2.15 bits per heavy atom. The van der Waals surface area contributed by atoms with Gasteiger partial charge in [-0.1, -0.05) is 29.5 Å². The largest absolute Gasteiger partial charge is 0.494 e. The molecule has 2 aromatic heterocycles. The molecule has 0 bridgehead atoms. The van der Waals surface area contributed by atoms with E-state index in [4.69, 9.17) is 4.74 Å². The monoisotopic (exact) mass is 287 g/mol. The molecule has 0 aliphatic rings. The van der Waals surface area contributed by atoms with Gasteiger partial charge in [-0.05, 0) is 18.6 Å². The number of carbonyl (C=O) groups is 1. The molecule has 0 fully saturated rings. The van der Waals surface area contributed by atoms with Crippen LogP contribution in [0.5, 0.6) is 5.75 Å². The molecule has 0 N–H and O–H groups in total. The van der Waals surface area contributed by atoms with E-state index in [1.807, 2.05) is 30.3 Å². The highest BCUT2D eigenvalue weighted by Gasteiger charge is 2.08. The minimum atomic E-state index is 0.489. The van der Waals surface area contributed by atoms with E-state index >= 15 is 0 Å². The van der Waals surface area contributed by atoms with Crippen LogP contribution in [-0.4, -0.2) is 27.5 Å². The summed E-state index contributed by atoms with van der Waals surface area (Å²) in [7, 11) is 0. The van der Waals surface area contributed by atoms with E-state index in [1.165, 1.54) is 17.5 Å². The predicted molar refractivity (Wildman–Crippen MR) is 76.5 cm³/mol. The number of hydrogen-bond donors (Lipinski definition) is 0. The Morgan fingerprint density at radius 3 is 2.95 bits per heavy atom. The van der Waals surface area contributed by atoms with Crippen molar-refractivity contribution in [1.29, 1.82) is 0 Å². The third kappa shape index (κ3) is 2.70. The molecule has 1 aromatic carbocycles. The van der Waals surface area contributed by atoms with Gasteiger partial charge in [0.05, 0.1) is 12.8 Å². The highest BCUT2D eigenvalue weighted by atomic mass is 32.1. The molecule has 0 amide bonds. The maximum Gasteiger partial charge on any atom is 0.212 e. The Bertz CT molecular complexity index is 706. The average molecular weight is 287 g/mol. The van der Waals surface area contributed by atoms with Gasteiger partial charge in [0.15, 0.2) is 6.29 Å². The van der Waals surface area contributed by atoms with Gasteiger partial charge in [0.1, 0.15) is 16.5 Å². The summed E-state index contributed by atoms with van der Waals surface area (Å²) in [6, 6.07) is 9.74. The molecule has 3 aromatic rings. The molecular formula is C14H13N3O2S. The van der Waals surface area contributed by atoms with Crippen molar-refractivity contribution in [2.75, 3.05) is 6.61 Å². The zero-order valence-corrected chi connectivity index (χ0v) is 11.5. The van der Waals surface area contributed by atoms with Crippen LogP contribution in [0, 0.1) is 0 Å². The normalized spacial score (nSPS) is 10.8. The van der Waals surface area contributed by atoms with Crippen molar-refractivity contribution in [2.24, 2.45) is 0 Å². The molecule has 102 valence electrons. The van der Waals surface area contributed by atoms with Crippen LogP contribution in [0.15, 0.2) is 36.5 Å². The fourth-order valence-electron chi connectivity index (χ4n) is 1.86. The molecule has 0 saturated heterocycles. The van der Waals surface area contributed by atoms with Crippen molar-refractivity contribution in [1.82, 2.24) is 14.6 Å². The molecule has 2 heterocycles. The van der Waals surface area contributed by atoms with Crippen LogP contribution >= 0.6 is 11.3 Å².